The molecule has 1 aromatic heterocycles. The van der Waals surface area contributed by atoms with E-state index in [9.17, 15) is 9.59 Å². The first-order valence-corrected chi connectivity index (χ1v) is 14.3. The topological polar surface area (TPSA) is 96.5 Å². The van der Waals surface area contributed by atoms with Crippen LogP contribution in [0.15, 0.2) is 84.9 Å². The Morgan fingerprint density at radius 2 is 1.56 bits per heavy atom. The quantitative estimate of drug-likeness (QED) is 0.300. The molecule has 1 amide bonds. The molecule has 1 unspecified atom stereocenters. The van der Waals surface area contributed by atoms with Crippen molar-refractivity contribution >= 4 is 29.0 Å². The van der Waals surface area contributed by atoms with Crippen molar-refractivity contribution in [2.24, 2.45) is 5.73 Å². The molecule has 6 rings (SSSR count). The summed E-state index contributed by atoms with van der Waals surface area (Å²) in [6, 6.07) is 26.8. The first-order valence-electron chi connectivity index (χ1n) is 14.3. The van der Waals surface area contributed by atoms with Crippen molar-refractivity contribution in [3.8, 4) is 0 Å². The van der Waals surface area contributed by atoms with Gasteiger partial charge in [-0.2, -0.15) is 5.10 Å². The fourth-order valence-electron chi connectivity index (χ4n) is 6.09. The Hall–Kier alpha value is -4.43. The number of carbonyl (C=O) groups is 2. The molecule has 210 valence electrons. The van der Waals surface area contributed by atoms with E-state index in [2.05, 4.69) is 17.1 Å². The first-order chi connectivity index (χ1) is 19.9. The van der Waals surface area contributed by atoms with Gasteiger partial charge in [0, 0.05) is 35.9 Å². The molecule has 0 bridgehead atoms. The van der Waals surface area contributed by atoms with Crippen LogP contribution < -0.4 is 16.0 Å². The maximum atomic E-state index is 13.8. The highest BCUT2D eigenvalue weighted by Crippen LogP contribution is 2.40. The second kappa shape index (κ2) is 11.2. The van der Waals surface area contributed by atoms with Crippen LogP contribution in [0.25, 0.3) is 0 Å². The van der Waals surface area contributed by atoms with Gasteiger partial charge in [-0.1, -0.05) is 85.6 Å². The Morgan fingerprint density at radius 3 is 2.24 bits per heavy atom. The fourth-order valence-corrected chi connectivity index (χ4v) is 6.09. The average molecular weight is 549 g/mol. The molecule has 1 fully saturated rings. The molecule has 8 nitrogen and oxygen atoms in total. The Balaban J connectivity index is 1.40. The highest BCUT2D eigenvalue weighted by Gasteiger charge is 2.44. The molecule has 1 aliphatic carbocycles. The van der Waals surface area contributed by atoms with E-state index in [0.717, 1.165) is 42.8 Å². The monoisotopic (exact) mass is 548 g/mol. The van der Waals surface area contributed by atoms with Gasteiger partial charge in [-0.05, 0) is 37.5 Å². The second-order valence-electron chi connectivity index (χ2n) is 11.1. The van der Waals surface area contributed by atoms with Crippen LogP contribution in [0.2, 0.25) is 0 Å². The molecule has 2 aliphatic rings. The molecule has 4 aromatic rings. The number of para-hydroxylation sites is 1. The largest absolute Gasteiger partial charge is 0.338 e. The van der Waals surface area contributed by atoms with Gasteiger partial charge in [0.1, 0.15) is 17.5 Å². The third-order valence-corrected chi connectivity index (χ3v) is 8.43. The van der Waals surface area contributed by atoms with Crippen molar-refractivity contribution in [3.63, 3.8) is 0 Å². The Labute approximate surface area is 240 Å². The smallest absolute Gasteiger partial charge is 0.262 e. The number of ketones is 1. The summed E-state index contributed by atoms with van der Waals surface area (Å²) in [5, 5.41) is 8.38. The minimum Gasteiger partial charge on any atom is -0.338 e. The van der Waals surface area contributed by atoms with Crippen molar-refractivity contribution in [1.82, 2.24) is 14.7 Å². The molecule has 0 radical (unpaired) electrons. The zero-order valence-electron chi connectivity index (χ0n) is 23.5. The lowest BCUT2D eigenvalue weighted by Gasteiger charge is -2.48. The predicted molar refractivity (Wildman–Crippen MR) is 162 cm³/mol. The molecule has 3 aromatic carbocycles. The highest BCUT2D eigenvalue weighted by molar-refractivity contribution is 6.09. The third-order valence-electron chi connectivity index (χ3n) is 8.43. The number of nitrogens with two attached hydrogens (primary N) is 1. The number of fused-ring (bicyclic) bond motifs is 1. The number of amides is 1. The molecule has 3 N–H and O–H groups in total. The SMILES string of the molecule is CC1N(C)C(=O)c2c(Nc3ccccc3)nn(Cc3ccc(C(=O)c4ccccc4)cc3)c2N1[C@H]1CCCC[C@H]1N. The summed E-state index contributed by atoms with van der Waals surface area (Å²) in [5.41, 5.74) is 10.4. The van der Waals surface area contributed by atoms with Crippen LogP contribution >= 0.6 is 0 Å². The predicted octanol–water partition coefficient (Wildman–Crippen LogP) is 5.41. The number of hydrogen-bond acceptors (Lipinski definition) is 6. The van der Waals surface area contributed by atoms with Gasteiger partial charge in [0.15, 0.2) is 11.6 Å². The number of anilines is 3. The van der Waals surface area contributed by atoms with Crippen LogP contribution in [0.1, 0.15) is 64.4 Å². The number of benzene rings is 3. The zero-order valence-corrected chi connectivity index (χ0v) is 23.5. The number of nitrogens with zero attached hydrogens (tertiary/aromatic N) is 4. The summed E-state index contributed by atoms with van der Waals surface area (Å²) in [5.74, 6) is 1.25. The zero-order chi connectivity index (χ0) is 28.5. The average Bonchev–Trinajstić information content (AvgIpc) is 3.34. The van der Waals surface area contributed by atoms with Crippen LogP contribution in [0.3, 0.4) is 0 Å². The van der Waals surface area contributed by atoms with Crippen LogP contribution in [-0.2, 0) is 6.54 Å². The lowest BCUT2D eigenvalue weighted by Crippen LogP contribution is -2.61. The minimum absolute atomic E-state index is 0.0112. The van der Waals surface area contributed by atoms with Crippen molar-refractivity contribution in [1.29, 1.82) is 0 Å². The summed E-state index contributed by atoms with van der Waals surface area (Å²) < 4.78 is 1.93. The molecule has 3 atom stereocenters. The minimum atomic E-state index is -0.171. The highest BCUT2D eigenvalue weighted by atomic mass is 16.2. The number of rotatable bonds is 7. The second-order valence-corrected chi connectivity index (χ2v) is 11.1. The van der Waals surface area contributed by atoms with Gasteiger partial charge in [-0.15, -0.1) is 0 Å². The molecule has 0 saturated heterocycles. The van der Waals surface area contributed by atoms with Crippen LogP contribution in [0, 0.1) is 0 Å². The normalized spacial score (nSPS) is 20.6. The van der Waals surface area contributed by atoms with Crippen LogP contribution in [0.5, 0.6) is 0 Å². The molecule has 1 aliphatic heterocycles. The van der Waals surface area contributed by atoms with Gasteiger partial charge in [0.05, 0.1) is 6.54 Å². The van der Waals surface area contributed by atoms with E-state index in [-0.39, 0.29) is 29.9 Å². The summed E-state index contributed by atoms with van der Waals surface area (Å²) >= 11 is 0. The summed E-state index contributed by atoms with van der Waals surface area (Å²) in [4.78, 5) is 30.9. The lowest BCUT2D eigenvalue weighted by molar-refractivity contribution is 0.0704. The van der Waals surface area contributed by atoms with Crippen molar-refractivity contribution in [2.45, 2.75) is 57.4 Å². The first kappa shape index (κ1) is 26.8. The third kappa shape index (κ3) is 5.11. The van der Waals surface area contributed by atoms with Crippen molar-refractivity contribution < 1.29 is 9.59 Å². The summed E-state index contributed by atoms with van der Waals surface area (Å²) in [6.45, 7) is 2.51. The number of nitrogens with one attached hydrogen (secondary N) is 1. The van der Waals surface area contributed by atoms with Crippen LogP contribution in [-0.4, -0.2) is 51.7 Å². The van der Waals surface area contributed by atoms with Crippen molar-refractivity contribution in [2.75, 3.05) is 17.3 Å². The Bertz CT molecular complexity index is 1530. The van der Waals surface area contributed by atoms with E-state index >= 15 is 0 Å². The van der Waals surface area contributed by atoms with Crippen LogP contribution in [0.4, 0.5) is 17.3 Å². The number of hydrogen-bond donors (Lipinski definition) is 2. The van der Waals surface area contributed by atoms with Gasteiger partial charge < -0.3 is 20.9 Å². The number of carbonyl (C=O) groups excluding carboxylic acids is 2. The standard InChI is InChI=1S/C33H36N6O2/c1-22-37(2)33(41)29-31(35-26-13-7-4-8-14-26)36-38(32(29)39(22)28-16-10-9-15-27(28)34)21-23-17-19-25(20-18-23)30(40)24-11-5-3-6-12-24/h3-8,11-14,17-20,22,27-28H,9-10,15-16,21,34H2,1-2H3,(H,35,36)/t22?,27-,28+/m1/s1. The molecule has 8 heteroatoms. The van der Waals surface area contributed by atoms with Gasteiger partial charge in [0.25, 0.3) is 5.91 Å². The van der Waals surface area contributed by atoms with Gasteiger partial charge in [0.2, 0.25) is 0 Å². The van der Waals surface area contributed by atoms with Crippen molar-refractivity contribution in [3.05, 3.63) is 107 Å². The van der Waals surface area contributed by atoms with Gasteiger partial charge in [-0.25, -0.2) is 4.68 Å². The van der Waals surface area contributed by atoms with E-state index in [1.54, 1.807) is 4.90 Å². The van der Waals surface area contributed by atoms with Gasteiger partial charge in [-0.3, -0.25) is 9.59 Å². The summed E-state index contributed by atoms with van der Waals surface area (Å²) in [7, 11) is 1.85. The van der Waals surface area contributed by atoms with Gasteiger partial charge >= 0.3 is 0 Å². The molecule has 41 heavy (non-hydrogen) atoms. The van der Waals surface area contributed by atoms with E-state index in [4.69, 9.17) is 10.8 Å². The van der Waals surface area contributed by atoms with E-state index in [1.807, 2.05) is 96.7 Å². The molecule has 1 saturated carbocycles. The lowest BCUT2D eigenvalue weighted by atomic mass is 9.88. The molecule has 0 spiro atoms. The number of aromatic nitrogens is 2. The Kier molecular flexibility index (Phi) is 7.32. The molecular formula is C33H36N6O2. The molecule has 2 heterocycles. The Morgan fingerprint density at radius 1 is 0.927 bits per heavy atom. The van der Waals surface area contributed by atoms with E-state index < -0.39 is 0 Å². The van der Waals surface area contributed by atoms with E-state index in [1.165, 1.54) is 0 Å². The fraction of sp³-hybridized carbons (Fsp3) is 0.303. The molecular weight excluding hydrogens is 512 g/mol. The maximum absolute atomic E-state index is 13.8. The maximum Gasteiger partial charge on any atom is 0.262 e. The van der Waals surface area contributed by atoms with E-state index in [0.29, 0.717) is 29.1 Å². The summed E-state index contributed by atoms with van der Waals surface area (Å²) in [6.07, 6.45) is 3.98.